The largest absolute Gasteiger partial charge is 0.506 e. The number of hydrogen-bond donors (Lipinski definition) is 2. The maximum atomic E-state index is 12.1. The molecular formula is C16H10Br2N2O2S. The van der Waals surface area contributed by atoms with Gasteiger partial charge in [0.1, 0.15) is 5.75 Å². The number of thioether (sulfide) groups is 1. The highest BCUT2D eigenvalue weighted by Crippen LogP contribution is 2.35. The molecule has 23 heavy (non-hydrogen) atoms. The van der Waals surface area contributed by atoms with Gasteiger partial charge in [-0.3, -0.25) is 4.79 Å². The summed E-state index contributed by atoms with van der Waals surface area (Å²) in [6.45, 7) is 0. The molecule has 1 heterocycles. The van der Waals surface area contributed by atoms with E-state index in [9.17, 15) is 9.90 Å². The second-order valence-electron chi connectivity index (χ2n) is 4.65. The summed E-state index contributed by atoms with van der Waals surface area (Å²) >= 11 is 7.84. The van der Waals surface area contributed by atoms with E-state index in [1.807, 2.05) is 30.3 Å². The lowest BCUT2D eigenvalue weighted by atomic mass is 10.2. The van der Waals surface area contributed by atoms with E-state index in [0.29, 0.717) is 19.0 Å². The van der Waals surface area contributed by atoms with Crippen molar-refractivity contribution >= 4 is 66.5 Å². The third-order valence-electron chi connectivity index (χ3n) is 2.97. The van der Waals surface area contributed by atoms with Crippen LogP contribution in [0.4, 0.5) is 5.69 Å². The predicted octanol–water partition coefficient (Wildman–Crippen LogP) is 4.81. The lowest BCUT2D eigenvalue weighted by Crippen LogP contribution is -2.19. The number of phenols is 1. The number of phenolic OH excluding ortho intramolecular Hbond substituents is 1. The minimum absolute atomic E-state index is 0.127. The average molecular weight is 454 g/mol. The summed E-state index contributed by atoms with van der Waals surface area (Å²) < 4.78 is 1.11. The van der Waals surface area contributed by atoms with Crippen LogP contribution in [0.3, 0.4) is 0 Å². The van der Waals surface area contributed by atoms with E-state index in [1.54, 1.807) is 18.2 Å². The maximum Gasteiger partial charge on any atom is 0.264 e. The van der Waals surface area contributed by atoms with Crippen LogP contribution in [0, 0.1) is 0 Å². The SMILES string of the molecule is O=C1NC(=Nc2ccccc2)S/C1=C/c1cc(Br)c(O)c(Br)c1. The van der Waals surface area contributed by atoms with Gasteiger partial charge in [-0.15, -0.1) is 0 Å². The third kappa shape index (κ3) is 3.85. The van der Waals surface area contributed by atoms with Gasteiger partial charge >= 0.3 is 0 Å². The topological polar surface area (TPSA) is 61.7 Å². The summed E-state index contributed by atoms with van der Waals surface area (Å²) in [4.78, 5) is 17.0. The van der Waals surface area contributed by atoms with Crippen LogP contribution in [0.2, 0.25) is 0 Å². The molecule has 0 aliphatic carbocycles. The number of amides is 1. The molecule has 116 valence electrons. The summed E-state index contributed by atoms with van der Waals surface area (Å²) in [5, 5.41) is 13.0. The number of carbonyl (C=O) groups excluding carboxylic acids is 1. The Morgan fingerprint density at radius 1 is 1.13 bits per heavy atom. The monoisotopic (exact) mass is 452 g/mol. The molecule has 1 aliphatic heterocycles. The normalized spacial score (nSPS) is 17.7. The molecule has 0 spiro atoms. The van der Waals surface area contributed by atoms with E-state index < -0.39 is 0 Å². The number of para-hydroxylation sites is 1. The first-order valence-electron chi connectivity index (χ1n) is 6.55. The number of aliphatic imine (C=N–C) groups is 1. The molecule has 1 saturated heterocycles. The fourth-order valence-electron chi connectivity index (χ4n) is 1.92. The first-order valence-corrected chi connectivity index (χ1v) is 8.96. The Kier molecular flexibility index (Phi) is 4.89. The molecule has 2 N–H and O–H groups in total. The number of amidine groups is 1. The van der Waals surface area contributed by atoms with Crippen LogP contribution in [0.1, 0.15) is 5.56 Å². The van der Waals surface area contributed by atoms with Gasteiger partial charge in [0.2, 0.25) is 0 Å². The van der Waals surface area contributed by atoms with Gasteiger partial charge in [0, 0.05) is 0 Å². The summed E-state index contributed by atoms with van der Waals surface area (Å²) in [6, 6.07) is 12.9. The fourth-order valence-corrected chi connectivity index (χ4v) is 3.98. The minimum Gasteiger partial charge on any atom is -0.506 e. The summed E-state index contributed by atoms with van der Waals surface area (Å²) in [7, 11) is 0. The highest BCUT2D eigenvalue weighted by molar-refractivity contribution is 9.11. The van der Waals surface area contributed by atoms with Crippen LogP contribution in [-0.4, -0.2) is 16.2 Å². The van der Waals surface area contributed by atoms with E-state index in [-0.39, 0.29) is 11.7 Å². The van der Waals surface area contributed by atoms with E-state index in [1.165, 1.54) is 11.8 Å². The Morgan fingerprint density at radius 3 is 2.43 bits per heavy atom. The van der Waals surface area contributed by atoms with Crippen LogP contribution < -0.4 is 5.32 Å². The van der Waals surface area contributed by atoms with Gasteiger partial charge in [-0.05, 0) is 79.5 Å². The van der Waals surface area contributed by atoms with Gasteiger partial charge in [-0.2, -0.15) is 0 Å². The smallest absolute Gasteiger partial charge is 0.264 e. The molecule has 2 aromatic carbocycles. The van der Waals surface area contributed by atoms with Crippen molar-refractivity contribution in [1.29, 1.82) is 0 Å². The number of rotatable bonds is 2. The third-order valence-corrected chi connectivity index (χ3v) is 5.09. The number of benzene rings is 2. The number of nitrogens with zero attached hydrogens (tertiary/aromatic N) is 1. The van der Waals surface area contributed by atoms with Gasteiger partial charge in [0.15, 0.2) is 5.17 Å². The molecule has 0 aromatic heterocycles. The van der Waals surface area contributed by atoms with Crippen LogP contribution in [0.15, 0.2) is 61.3 Å². The second kappa shape index (κ2) is 6.90. The van der Waals surface area contributed by atoms with Crippen molar-refractivity contribution in [3.05, 3.63) is 61.9 Å². The Morgan fingerprint density at radius 2 is 1.78 bits per heavy atom. The predicted molar refractivity (Wildman–Crippen MR) is 101 cm³/mol. The zero-order valence-corrected chi connectivity index (χ0v) is 15.6. The first kappa shape index (κ1) is 16.3. The Bertz CT molecular complexity index is 812. The molecule has 1 aliphatic rings. The molecular weight excluding hydrogens is 444 g/mol. The van der Waals surface area contributed by atoms with Crippen LogP contribution in [0.25, 0.3) is 6.08 Å². The van der Waals surface area contributed by atoms with E-state index in [4.69, 9.17) is 0 Å². The molecule has 4 nitrogen and oxygen atoms in total. The zero-order chi connectivity index (χ0) is 16.4. The molecule has 0 radical (unpaired) electrons. The number of aromatic hydroxyl groups is 1. The van der Waals surface area contributed by atoms with Crippen molar-refractivity contribution in [2.75, 3.05) is 0 Å². The number of carbonyl (C=O) groups is 1. The summed E-state index contributed by atoms with van der Waals surface area (Å²) in [5.41, 5.74) is 1.58. The van der Waals surface area contributed by atoms with Crippen LogP contribution in [-0.2, 0) is 4.79 Å². The van der Waals surface area contributed by atoms with Crippen LogP contribution in [0.5, 0.6) is 5.75 Å². The van der Waals surface area contributed by atoms with Gasteiger partial charge in [-0.1, -0.05) is 18.2 Å². The molecule has 1 fully saturated rings. The van der Waals surface area contributed by atoms with E-state index in [2.05, 4.69) is 42.2 Å². The average Bonchev–Trinajstić information content (AvgIpc) is 2.85. The number of hydrogen-bond acceptors (Lipinski definition) is 4. The fraction of sp³-hybridized carbons (Fsp3) is 0. The van der Waals surface area contributed by atoms with Crippen molar-refractivity contribution < 1.29 is 9.90 Å². The summed E-state index contributed by atoms with van der Waals surface area (Å²) in [6.07, 6.45) is 1.75. The molecule has 2 aromatic rings. The molecule has 0 unspecified atom stereocenters. The number of nitrogens with one attached hydrogen (secondary N) is 1. The molecule has 0 bridgehead atoms. The Labute approximate surface area is 154 Å². The molecule has 1 amide bonds. The lowest BCUT2D eigenvalue weighted by Gasteiger charge is -2.02. The Hall–Kier alpha value is -1.57. The standard InChI is InChI=1S/C16H10Br2N2O2S/c17-11-6-9(7-12(18)14(11)21)8-13-15(22)20-16(23-13)19-10-4-2-1-3-5-10/h1-8,21H,(H,19,20,22)/b13-8+. The quantitative estimate of drug-likeness (QED) is 0.641. The molecule has 0 atom stereocenters. The highest BCUT2D eigenvalue weighted by Gasteiger charge is 2.24. The number of halogens is 2. The van der Waals surface area contributed by atoms with Crippen LogP contribution >= 0.6 is 43.6 Å². The van der Waals surface area contributed by atoms with Crippen molar-refractivity contribution in [3.63, 3.8) is 0 Å². The van der Waals surface area contributed by atoms with Gasteiger partial charge in [-0.25, -0.2) is 4.99 Å². The van der Waals surface area contributed by atoms with Gasteiger partial charge in [0.05, 0.1) is 19.5 Å². The maximum absolute atomic E-state index is 12.1. The van der Waals surface area contributed by atoms with E-state index in [0.717, 1.165) is 11.3 Å². The lowest BCUT2D eigenvalue weighted by molar-refractivity contribution is -0.115. The van der Waals surface area contributed by atoms with Crippen molar-refractivity contribution in [3.8, 4) is 5.75 Å². The Balaban J connectivity index is 1.87. The molecule has 3 rings (SSSR count). The molecule has 7 heteroatoms. The van der Waals surface area contributed by atoms with Gasteiger partial charge in [0.25, 0.3) is 5.91 Å². The van der Waals surface area contributed by atoms with Crippen molar-refractivity contribution in [1.82, 2.24) is 5.32 Å². The second-order valence-corrected chi connectivity index (χ2v) is 7.39. The van der Waals surface area contributed by atoms with E-state index >= 15 is 0 Å². The minimum atomic E-state index is -0.190. The van der Waals surface area contributed by atoms with Gasteiger partial charge < -0.3 is 10.4 Å². The first-order chi connectivity index (χ1) is 11.0. The van der Waals surface area contributed by atoms with Crippen molar-refractivity contribution in [2.45, 2.75) is 0 Å². The zero-order valence-electron chi connectivity index (χ0n) is 11.6. The summed E-state index contributed by atoms with van der Waals surface area (Å²) in [5.74, 6) is -0.0630. The molecule has 0 saturated carbocycles. The highest BCUT2D eigenvalue weighted by atomic mass is 79.9. The van der Waals surface area contributed by atoms with Crippen molar-refractivity contribution in [2.24, 2.45) is 4.99 Å².